The van der Waals surface area contributed by atoms with Crippen LogP contribution in [-0.4, -0.2) is 17.1 Å². The van der Waals surface area contributed by atoms with Crippen LogP contribution in [0.3, 0.4) is 0 Å². The van der Waals surface area contributed by atoms with Crippen molar-refractivity contribution in [2.24, 2.45) is 0 Å². The molecule has 0 unspecified atom stereocenters. The number of carbonyl (C=O) groups excluding carboxylic acids is 1. The number of fused-ring (bicyclic) bond motifs is 1. The Bertz CT molecular complexity index is 642. The Morgan fingerprint density at radius 1 is 1.32 bits per heavy atom. The minimum Gasteiger partial charge on any atom is -0.334 e. The Balaban J connectivity index is 1.77. The monoisotopic (exact) mass is 295 g/mol. The van der Waals surface area contributed by atoms with Gasteiger partial charge in [-0.15, -0.1) is 0 Å². The number of pyridine rings is 1. The maximum atomic E-state index is 12.7. The number of amides is 2. The molecule has 3 rings (SSSR count). The number of aromatic nitrogens is 1. The van der Waals surface area contributed by atoms with E-state index >= 15 is 0 Å². The molecule has 0 saturated heterocycles. The molecule has 1 aromatic carbocycles. The fraction of sp³-hybridized carbons (Fsp3) is 0.333. The second-order valence-corrected chi connectivity index (χ2v) is 5.62. The van der Waals surface area contributed by atoms with Gasteiger partial charge in [-0.1, -0.05) is 31.2 Å². The smallest absolute Gasteiger partial charge is 0.322 e. The van der Waals surface area contributed by atoms with Crippen molar-refractivity contribution < 1.29 is 4.79 Å². The standard InChI is InChI=1S/C18H21N3O/c1-2-16-10-9-15-7-3-4-8-17(15)21(16)18(22)20-13-14-6-5-11-19-12-14/h3-8,11-12,16H,2,9-10,13H2,1H3,(H,20,22)/t16-/m1/s1. The van der Waals surface area contributed by atoms with E-state index in [9.17, 15) is 4.79 Å². The number of anilines is 1. The molecule has 1 atom stereocenters. The van der Waals surface area contributed by atoms with Crippen molar-refractivity contribution in [3.63, 3.8) is 0 Å². The number of nitrogens with zero attached hydrogens (tertiary/aromatic N) is 2. The zero-order valence-electron chi connectivity index (χ0n) is 12.8. The lowest BCUT2D eigenvalue weighted by Crippen LogP contribution is -2.48. The second kappa shape index (κ2) is 6.60. The average Bonchev–Trinajstić information content (AvgIpc) is 2.59. The van der Waals surface area contributed by atoms with Gasteiger partial charge in [0.15, 0.2) is 0 Å². The molecule has 1 aliphatic heterocycles. The lowest BCUT2D eigenvalue weighted by molar-refractivity contribution is 0.242. The maximum absolute atomic E-state index is 12.7. The van der Waals surface area contributed by atoms with Crippen LogP contribution < -0.4 is 10.2 Å². The van der Waals surface area contributed by atoms with Gasteiger partial charge in [-0.25, -0.2) is 4.79 Å². The SMILES string of the molecule is CC[C@@H]1CCc2ccccc2N1C(=O)NCc1cccnc1. The van der Waals surface area contributed by atoms with Crippen LogP contribution >= 0.6 is 0 Å². The third-order valence-corrected chi connectivity index (χ3v) is 4.22. The van der Waals surface area contributed by atoms with Crippen LogP contribution in [0.25, 0.3) is 0 Å². The number of carbonyl (C=O) groups is 1. The first kappa shape index (κ1) is 14.6. The number of para-hydroxylation sites is 1. The highest BCUT2D eigenvalue weighted by Gasteiger charge is 2.29. The highest BCUT2D eigenvalue weighted by molar-refractivity contribution is 5.93. The van der Waals surface area contributed by atoms with E-state index < -0.39 is 0 Å². The number of benzene rings is 1. The highest BCUT2D eigenvalue weighted by atomic mass is 16.2. The molecule has 1 aliphatic rings. The number of nitrogens with one attached hydrogen (secondary N) is 1. The van der Waals surface area contributed by atoms with Gasteiger partial charge in [0.2, 0.25) is 0 Å². The molecule has 1 N–H and O–H groups in total. The molecule has 1 aromatic heterocycles. The number of aryl methyl sites for hydroxylation is 1. The number of urea groups is 1. The fourth-order valence-electron chi connectivity index (χ4n) is 3.03. The Labute approximate surface area is 131 Å². The van der Waals surface area contributed by atoms with E-state index in [1.165, 1.54) is 5.56 Å². The van der Waals surface area contributed by atoms with E-state index in [0.29, 0.717) is 6.54 Å². The van der Waals surface area contributed by atoms with Gasteiger partial charge in [-0.05, 0) is 42.5 Å². The zero-order valence-corrected chi connectivity index (χ0v) is 12.8. The van der Waals surface area contributed by atoms with Gasteiger partial charge in [0.05, 0.1) is 0 Å². The van der Waals surface area contributed by atoms with Gasteiger partial charge in [0, 0.05) is 30.7 Å². The third kappa shape index (κ3) is 2.96. The first-order valence-electron chi connectivity index (χ1n) is 7.83. The molecular formula is C18H21N3O. The van der Waals surface area contributed by atoms with Crippen LogP contribution in [0.4, 0.5) is 10.5 Å². The van der Waals surface area contributed by atoms with Crippen molar-refractivity contribution in [1.82, 2.24) is 10.3 Å². The summed E-state index contributed by atoms with van der Waals surface area (Å²) in [5.74, 6) is 0. The Hall–Kier alpha value is -2.36. The summed E-state index contributed by atoms with van der Waals surface area (Å²) in [6.07, 6.45) is 6.55. The van der Waals surface area contributed by atoms with Crippen LogP contribution in [0, 0.1) is 0 Å². The largest absolute Gasteiger partial charge is 0.334 e. The molecule has 0 bridgehead atoms. The highest BCUT2D eigenvalue weighted by Crippen LogP contribution is 2.31. The lowest BCUT2D eigenvalue weighted by Gasteiger charge is -2.36. The maximum Gasteiger partial charge on any atom is 0.322 e. The molecule has 0 fully saturated rings. The molecule has 4 heteroatoms. The summed E-state index contributed by atoms with van der Waals surface area (Å²) in [4.78, 5) is 18.7. The summed E-state index contributed by atoms with van der Waals surface area (Å²) < 4.78 is 0. The van der Waals surface area contributed by atoms with E-state index in [4.69, 9.17) is 0 Å². The topological polar surface area (TPSA) is 45.2 Å². The minimum atomic E-state index is -0.0251. The molecule has 114 valence electrons. The molecule has 2 aromatic rings. The second-order valence-electron chi connectivity index (χ2n) is 5.62. The van der Waals surface area contributed by atoms with E-state index in [1.54, 1.807) is 12.4 Å². The van der Waals surface area contributed by atoms with E-state index in [1.807, 2.05) is 35.2 Å². The van der Waals surface area contributed by atoms with Crippen molar-refractivity contribution in [3.05, 3.63) is 59.9 Å². The van der Waals surface area contributed by atoms with Crippen molar-refractivity contribution in [3.8, 4) is 0 Å². The fourth-order valence-corrected chi connectivity index (χ4v) is 3.03. The third-order valence-electron chi connectivity index (χ3n) is 4.22. The summed E-state index contributed by atoms with van der Waals surface area (Å²) in [6, 6.07) is 12.3. The average molecular weight is 295 g/mol. The van der Waals surface area contributed by atoms with Gasteiger partial charge in [0.1, 0.15) is 0 Å². The first-order chi connectivity index (χ1) is 10.8. The molecule has 0 aliphatic carbocycles. The summed E-state index contributed by atoms with van der Waals surface area (Å²) >= 11 is 0. The molecule has 0 spiro atoms. The first-order valence-corrected chi connectivity index (χ1v) is 7.83. The quantitative estimate of drug-likeness (QED) is 0.941. The van der Waals surface area contributed by atoms with Crippen LogP contribution in [0.1, 0.15) is 30.9 Å². The van der Waals surface area contributed by atoms with Crippen LogP contribution in [0.15, 0.2) is 48.8 Å². The molecule has 0 saturated carbocycles. The molecule has 22 heavy (non-hydrogen) atoms. The van der Waals surface area contributed by atoms with Gasteiger partial charge in [-0.2, -0.15) is 0 Å². The number of hydrogen-bond donors (Lipinski definition) is 1. The summed E-state index contributed by atoms with van der Waals surface area (Å²) in [6.45, 7) is 2.64. The zero-order chi connectivity index (χ0) is 15.4. The van der Waals surface area contributed by atoms with Gasteiger partial charge >= 0.3 is 6.03 Å². The lowest BCUT2D eigenvalue weighted by atomic mass is 9.94. The van der Waals surface area contributed by atoms with E-state index in [2.05, 4.69) is 23.3 Å². The summed E-state index contributed by atoms with van der Waals surface area (Å²) in [7, 11) is 0. The van der Waals surface area contributed by atoms with Crippen molar-refractivity contribution >= 4 is 11.7 Å². The predicted octanol–water partition coefficient (Wildman–Crippen LogP) is 3.52. The van der Waals surface area contributed by atoms with Gasteiger partial charge in [0.25, 0.3) is 0 Å². The van der Waals surface area contributed by atoms with Crippen LogP contribution in [-0.2, 0) is 13.0 Å². The summed E-state index contributed by atoms with van der Waals surface area (Å²) in [5, 5.41) is 3.02. The van der Waals surface area contributed by atoms with Crippen LogP contribution in [0.2, 0.25) is 0 Å². The minimum absolute atomic E-state index is 0.0251. The summed E-state index contributed by atoms with van der Waals surface area (Å²) in [5.41, 5.74) is 3.31. The Morgan fingerprint density at radius 2 is 2.18 bits per heavy atom. The van der Waals surface area contributed by atoms with Gasteiger partial charge in [-0.3, -0.25) is 9.88 Å². The molecular weight excluding hydrogens is 274 g/mol. The van der Waals surface area contributed by atoms with E-state index in [0.717, 1.165) is 30.5 Å². The molecule has 2 heterocycles. The molecule has 0 radical (unpaired) electrons. The van der Waals surface area contributed by atoms with Crippen molar-refractivity contribution in [1.29, 1.82) is 0 Å². The normalized spacial score (nSPS) is 17.0. The number of hydrogen-bond acceptors (Lipinski definition) is 2. The van der Waals surface area contributed by atoms with Gasteiger partial charge < -0.3 is 5.32 Å². The van der Waals surface area contributed by atoms with Crippen LogP contribution in [0.5, 0.6) is 0 Å². The van der Waals surface area contributed by atoms with Crippen molar-refractivity contribution in [2.45, 2.75) is 38.8 Å². The van der Waals surface area contributed by atoms with E-state index in [-0.39, 0.29) is 12.1 Å². The Kier molecular flexibility index (Phi) is 4.37. The van der Waals surface area contributed by atoms with Crippen molar-refractivity contribution in [2.75, 3.05) is 4.90 Å². The molecule has 4 nitrogen and oxygen atoms in total. The predicted molar refractivity (Wildman–Crippen MR) is 87.8 cm³/mol. The number of rotatable bonds is 3. The Morgan fingerprint density at radius 3 is 2.95 bits per heavy atom. The molecule has 2 amide bonds.